The number of hydrogen-bond donors (Lipinski definition) is 0. The molecule has 0 heterocycles. The van der Waals surface area contributed by atoms with E-state index in [4.69, 9.17) is 12.6 Å². The van der Waals surface area contributed by atoms with Crippen LogP contribution < -0.4 is 0 Å². The predicted molar refractivity (Wildman–Crippen MR) is 72.7 cm³/mol. The monoisotopic (exact) mass is 403 g/mol. The normalized spacial score (nSPS) is 10.2. The third kappa shape index (κ3) is 3.41. The van der Waals surface area contributed by atoms with E-state index in [1.54, 1.807) is 0 Å². The smallest absolute Gasteiger partial charge is 0.0266 e. The van der Waals surface area contributed by atoms with Crippen LogP contribution in [0.4, 0.5) is 0 Å². The first-order valence-corrected chi connectivity index (χ1v) is 6.49. The van der Waals surface area contributed by atoms with E-state index < -0.39 is 0 Å². The Balaban J connectivity index is 2.69. The summed E-state index contributed by atoms with van der Waals surface area (Å²) < 4.78 is 2.67. The summed E-state index contributed by atoms with van der Waals surface area (Å²) in [7, 11) is 0. The first-order chi connectivity index (χ1) is 5.74. The first kappa shape index (κ1) is 11.1. The molecular weight excluding hydrogens is 394 g/mol. The minimum atomic E-state index is 0.864. The third-order valence-electron chi connectivity index (χ3n) is 1.59. The van der Waals surface area contributed by atoms with Gasteiger partial charge in [-0.05, 0) is 75.7 Å². The summed E-state index contributed by atoms with van der Waals surface area (Å²) >= 11 is 9.63. The molecule has 65 valence electrons. The molecule has 0 aliphatic rings. The van der Waals surface area contributed by atoms with Crippen LogP contribution in [0.3, 0.4) is 0 Å². The van der Waals surface area contributed by atoms with Gasteiger partial charge in [0.25, 0.3) is 0 Å². The zero-order valence-corrected chi connectivity index (χ0v) is 11.6. The molecule has 1 radical (unpaired) electrons. The number of halogens is 2. The Hall–Kier alpha value is 1.03. The van der Waals surface area contributed by atoms with Crippen LogP contribution in [0, 0.1) is 7.14 Å². The molecule has 0 fully saturated rings. The Morgan fingerprint density at radius 2 is 1.92 bits per heavy atom. The van der Waals surface area contributed by atoms with Crippen LogP contribution in [0.2, 0.25) is 0 Å². The fraction of sp³-hybridized carbons (Fsp3) is 0.333. The van der Waals surface area contributed by atoms with Gasteiger partial charge >= 0.3 is 0 Å². The minimum Gasteiger partial charge on any atom is -0.0941 e. The predicted octanol–water partition coefficient (Wildman–Crippen LogP) is 4.03. The van der Waals surface area contributed by atoms with E-state index in [2.05, 4.69) is 63.4 Å². The highest BCUT2D eigenvalue weighted by molar-refractivity contribution is 14.1. The second kappa shape index (κ2) is 5.70. The Kier molecular flexibility index (Phi) is 5.27. The summed E-state index contributed by atoms with van der Waals surface area (Å²) in [6, 6.07) is 6.60. The molecule has 1 aromatic carbocycles. The van der Waals surface area contributed by atoms with Gasteiger partial charge in [0.05, 0.1) is 0 Å². The van der Waals surface area contributed by atoms with Gasteiger partial charge in [0.2, 0.25) is 0 Å². The Bertz CT molecular complexity index is 261. The highest BCUT2D eigenvalue weighted by Crippen LogP contribution is 2.17. The van der Waals surface area contributed by atoms with Gasteiger partial charge in [-0.25, -0.2) is 0 Å². The molecule has 0 spiro atoms. The molecule has 0 amide bonds. The molecule has 0 aromatic heterocycles. The highest BCUT2D eigenvalue weighted by Gasteiger charge is 1.97. The van der Waals surface area contributed by atoms with Gasteiger partial charge < -0.3 is 0 Å². The van der Waals surface area contributed by atoms with Crippen molar-refractivity contribution in [3.8, 4) is 0 Å². The van der Waals surface area contributed by atoms with Crippen LogP contribution in [0.1, 0.15) is 12.0 Å². The van der Waals surface area contributed by atoms with Crippen molar-refractivity contribution in [2.75, 3.05) is 5.75 Å². The van der Waals surface area contributed by atoms with Crippen LogP contribution in [0.5, 0.6) is 0 Å². The lowest BCUT2D eigenvalue weighted by Gasteiger charge is -2.01. The van der Waals surface area contributed by atoms with Crippen LogP contribution in [0.25, 0.3) is 0 Å². The summed E-state index contributed by atoms with van der Waals surface area (Å²) in [5, 5.41) is 0. The van der Waals surface area contributed by atoms with Gasteiger partial charge in [0.15, 0.2) is 0 Å². The van der Waals surface area contributed by atoms with E-state index in [-0.39, 0.29) is 0 Å². The molecule has 3 heteroatoms. The standard InChI is InChI=1S/C9H9I2S/c10-8-4-3-7(2-1-5-12)6-9(8)11/h3-4,6H,1-2,5H2. The Morgan fingerprint density at radius 1 is 1.17 bits per heavy atom. The van der Waals surface area contributed by atoms with Crippen molar-refractivity contribution in [3.05, 3.63) is 30.9 Å². The SMILES string of the molecule is [S]CCCc1ccc(I)c(I)c1. The molecule has 0 aliphatic heterocycles. The van der Waals surface area contributed by atoms with Crippen molar-refractivity contribution in [2.24, 2.45) is 0 Å². The van der Waals surface area contributed by atoms with Crippen LogP contribution in [-0.4, -0.2) is 5.75 Å². The van der Waals surface area contributed by atoms with Gasteiger partial charge in [0, 0.05) is 12.9 Å². The zero-order chi connectivity index (χ0) is 8.97. The number of aryl methyl sites for hydroxylation is 1. The summed E-state index contributed by atoms with van der Waals surface area (Å²) in [5.41, 5.74) is 1.41. The maximum Gasteiger partial charge on any atom is 0.0266 e. The average Bonchev–Trinajstić information content (AvgIpc) is 2.07. The second-order valence-electron chi connectivity index (χ2n) is 2.56. The molecule has 0 nitrogen and oxygen atoms in total. The Labute approximate surface area is 106 Å². The number of rotatable bonds is 3. The van der Waals surface area contributed by atoms with Gasteiger partial charge in [0.1, 0.15) is 0 Å². The van der Waals surface area contributed by atoms with Crippen LogP contribution in [-0.2, 0) is 6.42 Å². The lowest BCUT2D eigenvalue weighted by Crippen LogP contribution is -1.88. The molecule has 12 heavy (non-hydrogen) atoms. The minimum absolute atomic E-state index is 0.864. The fourth-order valence-electron chi connectivity index (χ4n) is 0.971. The molecule has 0 saturated carbocycles. The molecule has 0 N–H and O–H groups in total. The highest BCUT2D eigenvalue weighted by atomic mass is 127. The molecule has 1 aromatic rings. The second-order valence-corrected chi connectivity index (χ2v) is 5.29. The number of hydrogen-bond acceptors (Lipinski definition) is 0. The van der Waals surface area contributed by atoms with Crippen molar-refractivity contribution >= 4 is 57.8 Å². The van der Waals surface area contributed by atoms with E-state index >= 15 is 0 Å². The maximum absolute atomic E-state index is 4.91. The topological polar surface area (TPSA) is 0 Å². The molecule has 0 atom stereocenters. The lowest BCUT2D eigenvalue weighted by molar-refractivity contribution is 0.934. The Morgan fingerprint density at radius 3 is 2.50 bits per heavy atom. The van der Waals surface area contributed by atoms with Gasteiger partial charge in [-0.1, -0.05) is 18.7 Å². The molecule has 0 aliphatic carbocycles. The summed E-state index contributed by atoms with van der Waals surface area (Å²) in [6.45, 7) is 0. The van der Waals surface area contributed by atoms with Crippen molar-refractivity contribution in [3.63, 3.8) is 0 Å². The number of benzene rings is 1. The van der Waals surface area contributed by atoms with Gasteiger partial charge in [-0.2, -0.15) is 0 Å². The van der Waals surface area contributed by atoms with E-state index in [1.807, 2.05) is 0 Å². The van der Waals surface area contributed by atoms with Crippen LogP contribution in [0.15, 0.2) is 18.2 Å². The third-order valence-corrected chi connectivity index (χ3v) is 4.75. The zero-order valence-electron chi connectivity index (χ0n) is 6.52. The lowest BCUT2D eigenvalue weighted by atomic mass is 10.1. The molecule has 0 saturated heterocycles. The van der Waals surface area contributed by atoms with Crippen molar-refractivity contribution in [1.29, 1.82) is 0 Å². The summed E-state index contributed by atoms with van der Waals surface area (Å²) in [4.78, 5) is 0. The largest absolute Gasteiger partial charge is 0.0941 e. The summed E-state index contributed by atoms with van der Waals surface area (Å²) in [5.74, 6) is 0.864. The van der Waals surface area contributed by atoms with Gasteiger partial charge in [-0.3, -0.25) is 0 Å². The average molecular weight is 403 g/mol. The summed E-state index contributed by atoms with van der Waals surface area (Å²) in [6.07, 6.45) is 2.24. The van der Waals surface area contributed by atoms with E-state index in [0.29, 0.717) is 0 Å². The van der Waals surface area contributed by atoms with E-state index in [9.17, 15) is 0 Å². The van der Waals surface area contributed by atoms with Gasteiger partial charge in [-0.15, -0.1) is 0 Å². The maximum atomic E-state index is 4.91. The van der Waals surface area contributed by atoms with Crippen molar-refractivity contribution in [1.82, 2.24) is 0 Å². The molecular formula is C9H9I2S. The molecule has 0 unspecified atom stereocenters. The van der Waals surface area contributed by atoms with Crippen molar-refractivity contribution < 1.29 is 0 Å². The van der Waals surface area contributed by atoms with E-state index in [1.165, 1.54) is 12.7 Å². The molecule has 0 bridgehead atoms. The quantitative estimate of drug-likeness (QED) is 0.669. The van der Waals surface area contributed by atoms with Crippen LogP contribution >= 0.6 is 57.8 Å². The fourth-order valence-corrected chi connectivity index (χ4v) is 2.03. The van der Waals surface area contributed by atoms with Crippen molar-refractivity contribution in [2.45, 2.75) is 12.8 Å². The first-order valence-electron chi connectivity index (χ1n) is 3.76. The molecule has 1 rings (SSSR count). The van der Waals surface area contributed by atoms with E-state index in [0.717, 1.165) is 18.6 Å².